The van der Waals surface area contributed by atoms with Crippen LogP contribution in [0.3, 0.4) is 0 Å². The number of H-pyrrole nitrogens is 1. The quantitative estimate of drug-likeness (QED) is 0.546. The Kier molecular flexibility index (Phi) is 4.71. The molecule has 0 saturated carbocycles. The Balaban J connectivity index is 1.45. The SMILES string of the molecule is O=c1[nH]c2cc(CN3CCC(O)C3)ccc2cc1-c1csc(-c2ccncc2)n1. The molecule has 0 amide bonds. The molecule has 7 heteroatoms. The molecule has 0 spiro atoms. The van der Waals surface area contributed by atoms with Crippen LogP contribution in [0.15, 0.2) is 59.0 Å². The summed E-state index contributed by atoms with van der Waals surface area (Å²) in [7, 11) is 0. The number of nitrogens with zero attached hydrogens (tertiary/aromatic N) is 3. The molecule has 1 aromatic carbocycles. The summed E-state index contributed by atoms with van der Waals surface area (Å²) in [4.78, 5) is 26.7. The fraction of sp³-hybridized carbons (Fsp3) is 0.227. The van der Waals surface area contributed by atoms with Gasteiger partial charge in [-0.1, -0.05) is 12.1 Å². The Hall–Kier alpha value is -2.87. The summed E-state index contributed by atoms with van der Waals surface area (Å²) in [6.07, 6.45) is 4.07. The first kappa shape index (κ1) is 18.2. The van der Waals surface area contributed by atoms with Gasteiger partial charge in [-0.25, -0.2) is 4.98 Å². The fourth-order valence-electron chi connectivity index (χ4n) is 3.78. The monoisotopic (exact) mass is 404 g/mol. The Morgan fingerprint density at radius 1 is 1.21 bits per heavy atom. The number of benzene rings is 1. The Morgan fingerprint density at radius 2 is 2.07 bits per heavy atom. The van der Waals surface area contributed by atoms with Gasteiger partial charge >= 0.3 is 0 Å². The van der Waals surface area contributed by atoms with E-state index in [9.17, 15) is 9.90 Å². The summed E-state index contributed by atoms with van der Waals surface area (Å²) in [5.74, 6) is 0. The van der Waals surface area contributed by atoms with Gasteiger partial charge in [-0.15, -0.1) is 11.3 Å². The predicted octanol–water partition coefficient (Wildman–Crippen LogP) is 3.28. The molecule has 6 nitrogen and oxygen atoms in total. The highest BCUT2D eigenvalue weighted by molar-refractivity contribution is 7.13. The van der Waals surface area contributed by atoms with Gasteiger partial charge in [0.25, 0.3) is 5.56 Å². The summed E-state index contributed by atoms with van der Waals surface area (Å²) < 4.78 is 0. The Morgan fingerprint density at radius 3 is 2.86 bits per heavy atom. The van der Waals surface area contributed by atoms with E-state index in [0.29, 0.717) is 17.8 Å². The number of aliphatic hydroxyl groups excluding tert-OH is 1. The molecule has 5 rings (SSSR count). The molecule has 4 aromatic rings. The zero-order valence-corrected chi connectivity index (χ0v) is 16.5. The van der Waals surface area contributed by atoms with Crippen molar-refractivity contribution >= 4 is 22.2 Å². The van der Waals surface area contributed by atoms with Gasteiger partial charge in [-0.05, 0) is 41.6 Å². The first-order valence-corrected chi connectivity index (χ1v) is 10.5. The average molecular weight is 404 g/mol. The predicted molar refractivity (Wildman–Crippen MR) is 115 cm³/mol. The van der Waals surface area contributed by atoms with Crippen molar-refractivity contribution in [2.45, 2.75) is 19.1 Å². The minimum Gasteiger partial charge on any atom is -0.392 e. The molecule has 1 aliphatic rings. The third-order valence-corrected chi connectivity index (χ3v) is 6.16. The second-order valence-electron chi connectivity index (χ2n) is 7.39. The number of thiazole rings is 1. The molecule has 1 aliphatic heterocycles. The van der Waals surface area contributed by atoms with Crippen LogP contribution >= 0.6 is 11.3 Å². The van der Waals surface area contributed by atoms with Crippen molar-refractivity contribution in [1.82, 2.24) is 19.9 Å². The smallest absolute Gasteiger partial charge is 0.257 e. The number of nitrogens with one attached hydrogen (secondary N) is 1. The molecule has 1 fully saturated rings. The van der Waals surface area contributed by atoms with E-state index in [4.69, 9.17) is 0 Å². The highest BCUT2D eigenvalue weighted by Crippen LogP contribution is 2.28. The van der Waals surface area contributed by atoms with Crippen LogP contribution in [0.2, 0.25) is 0 Å². The van der Waals surface area contributed by atoms with Crippen LogP contribution in [0.25, 0.3) is 32.7 Å². The molecule has 1 unspecified atom stereocenters. The highest BCUT2D eigenvalue weighted by Gasteiger charge is 2.20. The molecule has 4 heterocycles. The molecule has 1 atom stereocenters. The van der Waals surface area contributed by atoms with Crippen molar-refractivity contribution in [1.29, 1.82) is 0 Å². The van der Waals surface area contributed by atoms with Crippen molar-refractivity contribution in [3.8, 4) is 21.8 Å². The van der Waals surface area contributed by atoms with E-state index in [-0.39, 0.29) is 11.7 Å². The van der Waals surface area contributed by atoms with Crippen LogP contribution in [-0.2, 0) is 6.54 Å². The van der Waals surface area contributed by atoms with E-state index in [1.165, 1.54) is 11.3 Å². The topological polar surface area (TPSA) is 82.1 Å². The van der Waals surface area contributed by atoms with E-state index < -0.39 is 0 Å². The van der Waals surface area contributed by atoms with Crippen molar-refractivity contribution in [3.63, 3.8) is 0 Å². The maximum atomic E-state index is 12.7. The minimum atomic E-state index is -0.229. The molecular formula is C22H20N4O2S. The standard InChI is InChI=1S/C22H20N4O2S/c27-17-5-8-26(12-17)11-14-1-2-16-10-18(21(28)24-19(16)9-14)20-13-29-22(25-20)15-3-6-23-7-4-15/h1-4,6-7,9-10,13,17,27H,5,8,11-12H2,(H,24,28). The van der Waals surface area contributed by atoms with Crippen LogP contribution in [0.4, 0.5) is 0 Å². The van der Waals surface area contributed by atoms with Crippen LogP contribution in [-0.4, -0.2) is 44.2 Å². The van der Waals surface area contributed by atoms with Crippen molar-refractivity contribution in [2.75, 3.05) is 13.1 Å². The van der Waals surface area contributed by atoms with E-state index in [1.54, 1.807) is 12.4 Å². The largest absolute Gasteiger partial charge is 0.392 e. The second-order valence-corrected chi connectivity index (χ2v) is 8.24. The van der Waals surface area contributed by atoms with Gasteiger partial charge in [-0.3, -0.25) is 14.7 Å². The normalized spacial score (nSPS) is 17.2. The molecule has 0 radical (unpaired) electrons. The number of aromatic nitrogens is 3. The second kappa shape index (κ2) is 7.51. The van der Waals surface area contributed by atoms with Crippen LogP contribution in [0, 0.1) is 0 Å². The van der Waals surface area contributed by atoms with Crippen LogP contribution < -0.4 is 5.56 Å². The number of hydrogen-bond acceptors (Lipinski definition) is 6. The number of fused-ring (bicyclic) bond motifs is 1. The lowest BCUT2D eigenvalue weighted by Crippen LogP contribution is -2.21. The first-order chi connectivity index (χ1) is 14.2. The molecule has 29 heavy (non-hydrogen) atoms. The van der Waals surface area contributed by atoms with E-state index in [2.05, 4.69) is 25.9 Å². The maximum absolute atomic E-state index is 12.7. The number of aromatic amines is 1. The zero-order valence-electron chi connectivity index (χ0n) is 15.7. The zero-order chi connectivity index (χ0) is 19.8. The van der Waals surface area contributed by atoms with Gasteiger partial charge in [0.05, 0.1) is 17.4 Å². The lowest BCUT2D eigenvalue weighted by atomic mass is 10.1. The molecule has 0 aliphatic carbocycles. The van der Waals surface area contributed by atoms with Gasteiger partial charge in [-0.2, -0.15) is 0 Å². The van der Waals surface area contributed by atoms with Gasteiger partial charge in [0.1, 0.15) is 5.01 Å². The van der Waals surface area contributed by atoms with Gasteiger partial charge in [0, 0.05) is 48.5 Å². The number of rotatable bonds is 4. The number of pyridine rings is 2. The average Bonchev–Trinajstić information content (AvgIpc) is 3.37. The lowest BCUT2D eigenvalue weighted by Gasteiger charge is -2.15. The van der Waals surface area contributed by atoms with Gasteiger partial charge < -0.3 is 10.1 Å². The van der Waals surface area contributed by atoms with Crippen LogP contribution in [0.5, 0.6) is 0 Å². The van der Waals surface area contributed by atoms with Gasteiger partial charge in [0.2, 0.25) is 0 Å². The summed E-state index contributed by atoms with van der Waals surface area (Å²) in [6, 6.07) is 11.9. The third kappa shape index (κ3) is 3.72. The van der Waals surface area contributed by atoms with Crippen molar-refractivity contribution < 1.29 is 5.11 Å². The van der Waals surface area contributed by atoms with Crippen molar-refractivity contribution in [2.24, 2.45) is 0 Å². The molecule has 2 N–H and O–H groups in total. The number of likely N-dealkylation sites (tertiary alicyclic amines) is 1. The summed E-state index contributed by atoms with van der Waals surface area (Å²) in [6.45, 7) is 2.38. The lowest BCUT2D eigenvalue weighted by molar-refractivity contribution is 0.175. The highest BCUT2D eigenvalue weighted by atomic mass is 32.1. The number of aliphatic hydroxyl groups is 1. The number of β-amino-alcohol motifs (C(OH)–C–C–N with tert-alkyl or cyclic N) is 1. The summed E-state index contributed by atoms with van der Waals surface area (Å²) >= 11 is 1.51. The summed E-state index contributed by atoms with van der Waals surface area (Å²) in [5.41, 5.74) is 4.05. The van der Waals surface area contributed by atoms with E-state index >= 15 is 0 Å². The summed E-state index contributed by atoms with van der Waals surface area (Å²) in [5, 5.41) is 13.5. The molecule has 3 aromatic heterocycles. The maximum Gasteiger partial charge on any atom is 0.257 e. The van der Waals surface area contributed by atoms with Crippen LogP contribution in [0.1, 0.15) is 12.0 Å². The Bertz CT molecular complexity index is 1220. The van der Waals surface area contributed by atoms with Gasteiger partial charge in [0.15, 0.2) is 0 Å². The molecule has 0 bridgehead atoms. The third-order valence-electron chi connectivity index (χ3n) is 5.27. The molecular weight excluding hydrogens is 384 g/mol. The van der Waals surface area contributed by atoms with E-state index in [0.717, 1.165) is 46.5 Å². The minimum absolute atomic E-state index is 0.141. The molecule has 146 valence electrons. The fourth-order valence-corrected chi connectivity index (χ4v) is 4.60. The Labute approximate surface area is 171 Å². The molecule has 1 saturated heterocycles. The first-order valence-electron chi connectivity index (χ1n) is 9.58. The van der Waals surface area contributed by atoms with E-state index in [1.807, 2.05) is 35.7 Å². The number of hydrogen-bond donors (Lipinski definition) is 2. The van der Waals surface area contributed by atoms with Crippen molar-refractivity contribution in [3.05, 3.63) is 70.1 Å².